The molecule has 1 fully saturated rings. The predicted molar refractivity (Wildman–Crippen MR) is 103 cm³/mol. The third-order valence-electron chi connectivity index (χ3n) is 4.20. The fraction of sp³-hybridized carbons (Fsp3) is 0.278. The van der Waals surface area contributed by atoms with Crippen LogP contribution in [-0.4, -0.2) is 31.8 Å². The van der Waals surface area contributed by atoms with Crippen LogP contribution in [0, 0.1) is 5.92 Å². The van der Waals surface area contributed by atoms with E-state index in [1.54, 1.807) is 48.5 Å². The first-order chi connectivity index (χ1) is 12.4. The van der Waals surface area contributed by atoms with Crippen molar-refractivity contribution in [3.05, 3.63) is 58.0 Å². The second-order valence-electron chi connectivity index (χ2n) is 6.01. The molecule has 0 amide bonds. The number of hydrogen-bond donors (Lipinski definition) is 0. The van der Waals surface area contributed by atoms with Gasteiger partial charge in [-0.15, -0.1) is 0 Å². The number of ether oxygens (including phenoxy) is 1. The van der Waals surface area contributed by atoms with Gasteiger partial charge in [-0.1, -0.05) is 29.8 Å². The molecule has 1 saturated heterocycles. The van der Waals surface area contributed by atoms with Crippen LogP contribution in [0.15, 0.2) is 57.9 Å². The van der Waals surface area contributed by atoms with Crippen LogP contribution in [0.2, 0.25) is 5.02 Å². The summed E-state index contributed by atoms with van der Waals surface area (Å²) in [5, 5.41) is 0.523. The van der Waals surface area contributed by atoms with Crippen molar-refractivity contribution in [2.75, 3.05) is 13.1 Å². The van der Waals surface area contributed by atoms with E-state index in [4.69, 9.17) is 16.3 Å². The second-order valence-corrected chi connectivity index (χ2v) is 9.24. The largest absolute Gasteiger partial charge is 0.425 e. The fourth-order valence-electron chi connectivity index (χ4n) is 2.84. The van der Waals surface area contributed by atoms with Gasteiger partial charge in [-0.2, -0.15) is 4.31 Å². The highest BCUT2D eigenvalue weighted by Gasteiger charge is 2.34. The molecule has 0 aromatic heterocycles. The molecule has 26 heavy (non-hydrogen) atoms. The number of halogens is 2. The van der Waals surface area contributed by atoms with E-state index in [1.807, 2.05) is 0 Å². The van der Waals surface area contributed by atoms with Gasteiger partial charge >= 0.3 is 5.97 Å². The van der Waals surface area contributed by atoms with Crippen molar-refractivity contribution in [1.82, 2.24) is 4.31 Å². The SMILES string of the molecule is O=C(Oc1ccc(Cl)cc1Br)C1CCCN(S(=O)(=O)c2ccccc2)C1. The topological polar surface area (TPSA) is 63.7 Å². The summed E-state index contributed by atoms with van der Waals surface area (Å²) in [6.07, 6.45) is 1.19. The van der Waals surface area contributed by atoms with Crippen LogP contribution in [0.5, 0.6) is 5.75 Å². The Morgan fingerprint density at radius 3 is 2.62 bits per heavy atom. The van der Waals surface area contributed by atoms with Gasteiger partial charge in [-0.05, 0) is 59.1 Å². The van der Waals surface area contributed by atoms with Crippen LogP contribution in [0.1, 0.15) is 12.8 Å². The molecule has 8 heteroatoms. The zero-order chi connectivity index (χ0) is 18.7. The van der Waals surface area contributed by atoms with E-state index in [0.29, 0.717) is 34.6 Å². The van der Waals surface area contributed by atoms with Crippen molar-refractivity contribution in [2.45, 2.75) is 17.7 Å². The molecule has 0 radical (unpaired) electrons. The average molecular weight is 459 g/mol. The number of piperidine rings is 1. The minimum atomic E-state index is -3.62. The van der Waals surface area contributed by atoms with Crippen molar-refractivity contribution >= 4 is 43.5 Å². The number of carbonyl (C=O) groups excluding carboxylic acids is 1. The summed E-state index contributed by atoms with van der Waals surface area (Å²) in [7, 11) is -3.62. The van der Waals surface area contributed by atoms with E-state index in [1.165, 1.54) is 4.31 Å². The van der Waals surface area contributed by atoms with Crippen molar-refractivity contribution in [2.24, 2.45) is 5.92 Å². The Hall–Kier alpha value is -1.41. The summed E-state index contributed by atoms with van der Waals surface area (Å²) in [6, 6.07) is 13.1. The maximum Gasteiger partial charge on any atom is 0.315 e. The first-order valence-corrected chi connectivity index (χ1v) is 10.7. The van der Waals surface area contributed by atoms with Crippen LogP contribution >= 0.6 is 27.5 Å². The molecule has 1 atom stereocenters. The number of nitrogens with zero attached hydrogens (tertiary/aromatic N) is 1. The number of hydrogen-bond acceptors (Lipinski definition) is 4. The van der Waals surface area contributed by atoms with Crippen molar-refractivity contribution in [1.29, 1.82) is 0 Å². The molecule has 0 spiro atoms. The molecule has 0 aliphatic carbocycles. The third kappa shape index (κ3) is 4.28. The highest BCUT2D eigenvalue weighted by atomic mass is 79.9. The van der Waals surface area contributed by atoms with E-state index >= 15 is 0 Å². The first kappa shape index (κ1) is 19.4. The molecular formula is C18H17BrClNO4S. The van der Waals surface area contributed by atoms with Crippen LogP contribution in [-0.2, 0) is 14.8 Å². The molecule has 138 valence electrons. The van der Waals surface area contributed by atoms with Gasteiger partial charge in [0, 0.05) is 18.1 Å². The van der Waals surface area contributed by atoms with Crippen molar-refractivity contribution in [3.63, 3.8) is 0 Å². The Kier molecular flexibility index (Phi) is 6.02. The van der Waals surface area contributed by atoms with Crippen LogP contribution in [0.3, 0.4) is 0 Å². The lowest BCUT2D eigenvalue weighted by molar-refractivity contribution is -0.140. The number of rotatable bonds is 4. The smallest absolute Gasteiger partial charge is 0.315 e. The molecule has 5 nitrogen and oxygen atoms in total. The standard InChI is InChI=1S/C18H17BrClNO4S/c19-16-11-14(20)8-9-17(16)25-18(22)13-5-4-10-21(12-13)26(23,24)15-6-2-1-3-7-15/h1-3,6-9,11,13H,4-5,10,12H2. The molecule has 2 aromatic carbocycles. The lowest BCUT2D eigenvalue weighted by Crippen LogP contribution is -2.43. The van der Waals surface area contributed by atoms with Crippen molar-refractivity contribution < 1.29 is 17.9 Å². The van der Waals surface area contributed by atoms with E-state index < -0.39 is 21.9 Å². The number of carbonyl (C=O) groups is 1. The summed E-state index contributed by atoms with van der Waals surface area (Å²) in [4.78, 5) is 12.7. The Bertz CT molecular complexity index is 905. The lowest BCUT2D eigenvalue weighted by Gasteiger charge is -2.30. The quantitative estimate of drug-likeness (QED) is 0.511. The molecule has 0 N–H and O–H groups in total. The van der Waals surface area contributed by atoms with Gasteiger partial charge in [0.25, 0.3) is 0 Å². The Morgan fingerprint density at radius 2 is 1.92 bits per heavy atom. The van der Waals surface area contributed by atoms with Crippen LogP contribution in [0.4, 0.5) is 0 Å². The highest BCUT2D eigenvalue weighted by molar-refractivity contribution is 9.10. The van der Waals surface area contributed by atoms with Gasteiger partial charge in [0.05, 0.1) is 15.3 Å². The minimum absolute atomic E-state index is 0.112. The zero-order valence-electron chi connectivity index (χ0n) is 13.8. The summed E-state index contributed by atoms with van der Waals surface area (Å²) in [5.41, 5.74) is 0. The molecule has 2 aromatic rings. The van der Waals surface area contributed by atoms with Gasteiger partial charge in [0.2, 0.25) is 10.0 Å². The average Bonchev–Trinajstić information content (AvgIpc) is 2.65. The normalized spacial score (nSPS) is 18.5. The lowest BCUT2D eigenvalue weighted by atomic mass is 10.00. The monoisotopic (exact) mass is 457 g/mol. The Morgan fingerprint density at radius 1 is 1.19 bits per heavy atom. The summed E-state index contributed by atoms with van der Waals surface area (Å²) >= 11 is 9.19. The van der Waals surface area contributed by atoms with Gasteiger partial charge in [0.1, 0.15) is 5.75 Å². The molecule has 1 aliphatic heterocycles. The number of sulfonamides is 1. The van der Waals surface area contributed by atoms with E-state index in [-0.39, 0.29) is 11.4 Å². The number of benzene rings is 2. The summed E-state index contributed by atoms with van der Waals surface area (Å²) < 4.78 is 32.9. The second kappa shape index (κ2) is 8.08. The van der Waals surface area contributed by atoms with Gasteiger partial charge < -0.3 is 4.74 Å². The van der Waals surface area contributed by atoms with Gasteiger partial charge in [-0.3, -0.25) is 4.79 Å². The Balaban J connectivity index is 1.73. The zero-order valence-corrected chi connectivity index (χ0v) is 16.9. The fourth-order valence-corrected chi connectivity index (χ4v) is 5.15. The highest BCUT2D eigenvalue weighted by Crippen LogP contribution is 2.30. The van der Waals surface area contributed by atoms with E-state index in [9.17, 15) is 13.2 Å². The maximum absolute atomic E-state index is 12.8. The van der Waals surface area contributed by atoms with Crippen molar-refractivity contribution in [3.8, 4) is 5.75 Å². The molecule has 0 bridgehead atoms. The molecule has 3 rings (SSSR count). The van der Waals surface area contributed by atoms with Crippen LogP contribution < -0.4 is 4.74 Å². The molecule has 1 aliphatic rings. The third-order valence-corrected chi connectivity index (χ3v) is 6.94. The van der Waals surface area contributed by atoms with E-state index in [0.717, 1.165) is 0 Å². The summed E-state index contributed by atoms with van der Waals surface area (Å²) in [6.45, 7) is 0.507. The minimum Gasteiger partial charge on any atom is -0.425 e. The molecule has 1 heterocycles. The van der Waals surface area contributed by atoms with Gasteiger partial charge in [-0.25, -0.2) is 8.42 Å². The summed E-state index contributed by atoms with van der Waals surface area (Å²) in [5.74, 6) is -0.590. The first-order valence-electron chi connectivity index (χ1n) is 8.10. The molecular weight excluding hydrogens is 442 g/mol. The predicted octanol–water partition coefficient (Wildman–Crippen LogP) is 4.11. The molecule has 0 saturated carbocycles. The Labute approximate surface area is 166 Å². The van der Waals surface area contributed by atoms with Gasteiger partial charge in [0.15, 0.2) is 0 Å². The van der Waals surface area contributed by atoms with E-state index in [2.05, 4.69) is 15.9 Å². The molecule has 1 unspecified atom stereocenters. The number of esters is 1. The van der Waals surface area contributed by atoms with Crippen LogP contribution in [0.25, 0.3) is 0 Å². The maximum atomic E-state index is 12.8.